The van der Waals surface area contributed by atoms with E-state index >= 15 is 0 Å². The molecule has 2 aromatic carbocycles. The lowest BCUT2D eigenvalue weighted by atomic mass is 10.2. The van der Waals surface area contributed by atoms with Crippen LogP contribution >= 0.6 is 0 Å². The van der Waals surface area contributed by atoms with Crippen molar-refractivity contribution < 1.29 is 19.3 Å². The molecule has 0 radical (unpaired) electrons. The molecule has 1 heterocycles. The number of aliphatic hydroxyl groups excluding tert-OH is 1. The average Bonchev–Trinajstić information content (AvgIpc) is 3.15. The number of terminal acetylenes is 1. The Morgan fingerprint density at radius 1 is 1.12 bits per heavy atom. The molecule has 0 bridgehead atoms. The maximum absolute atomic E-state index is 10.5. The van der Waals surface area contributed by atoms with Crippen LogP contribution in [-0.2, 0) is 11.3 Å². The molecule has 0 spiro atoms. The molecule has 0 unspecified atom stereocenters. The molecule has 1 atom stereocenters. The highest BCUT2D eigenvalue weighted by atomic mass is 16.5. The lowest BCUT2D eigenvalue weighted by Gasteiger charge is -2.25. The van der Waals surface area contributed by atoms with Gasteiger partial charge in [0, 0.05) is 13.1 Å². The zero-order chi connectivity index (χ0) is 24.3. The Bertz CT molecular complexity index is 1060. The fourth-order valence-electron chi connectivity index (χ4n) is 3.70. The molecule has 0 saturated carbocycles. The van der Waals surface area contributed by atoms with Gasteiger partial charge in [-0.1, -0.05) is 31.0 Å². The van der Waals surface area contributed by atoms with Gasteiger partial charge in [-0.2, -0.15) is 5.10 Å². The number of nitrogens with zero attached hydrogens (tertiary/aromatic N) is 3. The molecule has 1 aromatic heterocycles. The average molecular weight is 464 g/mol. The van der Waals surface area contributed by atoms with Crippen molar-refractivity contribution in [3.05, 3.63) is 65.9 Å². The summed E-state index contributed by atoms with van der Waals surface area (Å²) >= 11 is 0. The second-order valence-corrected chi connectivity index (χ2v) is 8.00. The van der Waals surface area contributed by atoms with Crippen LogP contribution in [0.5, 0.6) is 17.4 Å². The van der Waals surface area contributed by atoms with E-state index in [4.69, 9.17) is 25.7 Å². The highest BCUT2D eigenvalue weighted by Gasteiger charge is 2.22. The quantitative estimate of drug-likeness (QED) is 0.303. The van der Waals surface area contributed by atoms with Gasteiger partial charge in [0.15, 0.2) is 0 Å². The fourth-order valence-corrected chi connectivity index (χ4v) is 3.70. The molecule has 3 aromatic rings. The summed E-state index contributed by atoms with van der Waals surface area (Å²) in [4.78, 5) is 2.18. The molecular formula is C27H33N3O4. The van der Waals surface area contributed by atoms with E-state index in [1.807, 2.05) is 66.2 Å². The van der Waals surface area contributed by atoms with Crippen LogP contribution in [0.15, 0.2) is 54.6 Å². The van der Waals surface area contributed by atoms with Crippen LogP contribution < -0.4 is 9.47 Å². The van der Waals surface area contributed by atoms with Gasteiger partial charge >= 0.3 is 0 Å². The minimum absolute atomic E-state index is 0.188. The summed E-state index contributed by atoms with van der Waals surface area (Å²) in [5.74, 6) is 4.51. The number of rotatable bonds is 13. The summed E-state index contributed by atoms with van der Waals surface area (Å²) in [6.07, 6.45) is 5.53. The highest BCUT2D eigenvalue weighted by Crippen LogP contribution is 2.32. The van der Waals surface area contributed by atoms with Crippen LogP contribution in [0.4, 0.5) is 0 Å². The maximum atomic E-state index is 10.5. The lowest BCUT2D eigenvalue weighted by molar-refractivity contribution is 0.0259. The zero-order valence-electron chi connectivity index (χ0n) is 20.1. The number of aliphatic hydroxyl groups is 1. The van der Waals surface area contributed by atoms with Gasteiger partial charge in [-0.25, -0.2) is 4.68 Å². The molecule has 0 fully saturated rings. The Balaban J connectivity index is 1.91. The van der Waals surface area contributed by atoms with Crippen LogP contribution in [-0.4, -0.2) is 59.3 Å². The predicted octanol–water partition coefficient (Wildman–Crippen LogP) is 4.20. The molecular weight excluding hydrogens is 430 g/mol. The molecule has 0 aliphatic heterocycles. The predicted molar refractivity (Wildman–Crippen MR) is 133 cm³/mol. The van der Waals surface area contributed by atoms with Crippen LogP contribution in [0.2, 0.25) is 0 Å². The molecule has 0 aliphatic carbocycles. The summed E-state index contributed by atoms with van der Waals surface area (Å²) < 4.78 is 18.8. The van der Waals surface area contributed by atoms with Crippen molar-refractivity contribution in [1.82, 2.24) is 14.7 Å². The summed E-state index contributed by atoms with van der Waals surface area (Å²) in [5, 5.41) is 15.3. The van der Waals surface area contributed by atoms with E-state index in [-0.39, 0.29) is 13.2 Å². The third-order valence-electron chi connectivity index (χ3n) is 5.30. The SMILES string of the molecule is C#CCOC[C@@H](O)CN(CCC)Cc1c(C)nn(-c2ccccc2)c1Oc1ccc(OC)cc1. The summed E-state index contributed by atoms with van der Waals surface area (Å²) in [6.45, 7) is 6.32. The minimum Gasteiger partial charge on any atom is -0.497 e. The first-order chi connectivity index (χ1) is 16.5. The molecule has 180 valence electrons. The molecule has 0 saturated heterocycles. The Labute approximate surface area is 201 Å². The zero-order valence-corrected chi connectivity index (χ0v) is 20.1. The van der Waals surface area contributed by atoms with E-state index in [1.165, 1.54) is 0 Å². The second kappa shape index (κ2) is 12.8. The van der Waals surface area contributed by atoms with E-state index in [0.717, 1.165) is 35.7 Å². The molecule has 7 nitrogen and oxygen atoms in total. The van der Waals surface area contributed by atoms with Crippen molar-refractivity contribution in [3.8, 4) is 35.4 Å². The van der Waals surface area contributed by atoms with Crippen LogP contribution in [0, 0.1) is 19.3 Å². The molecule has 34 heavy (non-hydrogen) atoms. The number of methoxy groups -OCH3 is 1. The van der Waals surface area contributed by atoms with Gasteiger partial charge in [-0.3, -0.25) is 4.90 Å². The van der Waals surface area contributed by atoms with E-state index in [1.54, 1.807) is 7.11 Å². The summed E-state index contributed by atoms with van der Waals surface area (Å²) in [6, 6.07) is 17.4. The Kier molecular flexibility index (Phi) is 9.53. The van der Waals surface area contributed by atoms with E-state index in [2.05, 4.69) is 17.7 Å². The topological polar surface area (TPSA) is 69.0 Å². The maximum Gasteiger partial charge on any atom is 0.227 e. The van der Waals surface area contributed by atoms with E-state index in [0.29, 0.717) is 24.7 Å². The van der Waals surface area contributed by atoms with Gasteiger partial charge < -0.3 is 19.3 Å². The van der Waals surface area contributed by atoms with Crippen molar-refractivity contribution in [3.63, 3.8) is 0 Å². The standard InChI is InChI=1S/C27H33N3O4/c1-5-16-29(18-23(31)20-33-17-6-2)19-26-21(3)28-30(22-10-8-7-9-11-22)27(26)34-25-14-12-24(32-4)13-15-25/h2,7-15,23,31H,5,16-20H2,1,3-4H3/t23-/m0/s1. The largest absolute Gasteiger partial charge is 0.497 e. The van der Waals surface area contributed by atoms with Gasteiger partial charge in [0.2, 0.25) is 5.88 Å². The van der Waals surface area contributed by atoms with Gasteiger partial charge in [0.25, 0.3) is 0 Å². The van der Waals surface area contributed by atoms with E-state index < -0.39 is 6.10 Å². The first-order valence-electron chi connectivity index (χ1n) is 11.4. The number of ether oxygens (including phenoxy) is 3. The normalized spacial score (nSPS) is 11.9. The van der Waals surface area contributed by atoms with Crippen LogP contribution in [0.25, 0.3) is 5.69 Å². The molecule has 0 aliphatic rings. The Morgan fingerprint density at radius 3 is 2.47 bits per heavy atom. The monoisotopic (exact) mass is 463 g/mol. The number of para-hydroxylation sites is 1. The molecule has 1 N–H and O–H groups in total. The number of aryl methyl sites for hydroxylation is 1. The van der Waals surface area contributed by atoms with E-state index in [9.17, 15) is 5.11 Å². The third-order valence-corrected chi connectivity index (χ3v) is 5.30. The van der Waals surface area contributed by atoms with Crippen molar-refractivity contribution >= 4 is 0 Å². The van der Waals surface area contributed by atoms with Crippen LogP contribution in [0.1, 0.15) is 24.6 Å². The molecule has 0 amide bonds. The fraction of sp³-hybridized carbons (Fsp3) is 0.370. The van der Waals surface area contributed by atoms with Crippen molar-refractivity contribution in [2.45, 2.75) is 32.9 Å². The van der Waals surface area contributed by atoms with Crippen molar-refractivity contribution in [2.75, 3.05) is 33.4 Å². The van der Waals surface area contributed by atoms with Crippen LogP contribution in [0.3, 0.4) is 0 Å². The van der Waals surface area contributed by atoms with Crippen molar-refractivity contribution in [1.29, 1.82) is 0 Å². The highest BCUT2D eigenvalue weighted by molar-refractivity contribution is 5.44. The van der Waals surface area contributed by atoms with Gasteiger partial charge in [-0.15, -0.1) is 6.42 Å². The molecule has 3 rings (SSSR count). The number of aromatic nitrogens is 2. The summed E-state index contributed by atoms with van der Waals surface area (Å²) in [7, 11) is 1.64. The number of hydrogen-bond acceptors (Lipinski definition) is 6. The number of hydrogen-bond donors (Lipinski definition) is 1. The smallest absolute Gasteiger partial charge is 0.227 e. The minimum atomic E-state index is -0.643. The molecule has 7 heteroatoms. The van der Waals surface area contributed by atoms with Crippen molar-refractivity contribution in [2.24, 2.45) is 0 Å². The Morgan fingerprint density at radius 2 is 1.82 bits per heavy atom. The first kappa shape index (κ1) is 25.3. The second-order valence-electron chi connectivity index (χ2n) is 8.00. The van der Waals surface area contributed by atoms with Gasteiger partial charge in [-0.05, 0) is 56.3 Å². The lowest BCUT2D eigenvalue weighted by Crippen LogP contribution is -2.35. The Hall–Kier alpha value is -3.31. The third kappa shape index (κ3) is 6.84. The number of benzene rings is 2. The first-order valence-corrected chi connectivity index (χ1v) is 11.4. The summed E-state index contributed by atoms with van der Waals surface area (Å²) in [5.41, 5.74) is 2.74. The van der Waals surface area contributed by atoms with Gasteiger partial charge in [0.05, 0.1) is 36.8 Å². The van der Waals surface area contributed by atoms with Gasteiger partial charge in [0.1, 0.15) is 18.1 Å².